The second-order valence-electron chi connectivity index (χ2n) is 3.76. The van der Waals surface area contributed by atoms with Gasteiger partial charge in [0.2, 0.25) is 0 Å². The second kappa shape index (κ2) is 6.63. The number of amides is 1. The molecule has 0 aromatic heterocycles. The van der Waals surface area contributed by atoms with Crippen molar-refractivity contribution in [3.05, 3.63) is 68.6 Å². The van der Waals surface area contributed by atoms with Gasteiger partial charge in [-0.15, -0.1) is 0 Å². The topological polar surface area (TPSA) is 41.5 Å². The first-order valence-corrected chi connectivity index (χ1v) is 7.08. The monoisotopic (exact) mass is 380 g/mol. The molecule has 0 radical (unpaired) electrons. The summed E-state index contributed by atoms with van der Waals surface area (Å²) in [7, 11) is 0. The maximum Gasteiger partial charge on any atom is 0.271 e. The average molecular weight is 382 g/mol. The first-order chi connectivity index (χ1) is 9.15. The third kappa shape index (κ3) is 4.29. The largest absolute Gasteiger partial charge is 0.271 e. The Morgan fingerprint density at radius 2 is 1.79 bits per heavy atom. The molecule has 0 aliphatic heterocycles. The molecule has 0 aliphatic carbocycles. The minimum absolute atomic E-state index is 0.237. The first-order valence-electron chi connectivity index (χ1n) is 5.50. The Morgan fingerprint density at radius 1 is 1.05 bits per heavy atom. The average Bonchev–Trinajstić information content (AvgIpc) is 2.39. The Morgan fingerprint density at radius 3 is 2.47 bits per heavy atom. The highest BCUT2D eigenvalue weighted by Gasteiger charge is 2.02. The van der Waals surface area contributed by atoms with Gasteiger partial charge in [-0.2, -0.15) is 5.10 Å². The predicted molar refractivity (Wildman–Crippen MR) is 83.3 cm³/mol. The van der Waals surface area contributed by atoms with Crippen molar-refractivity contribution in [3.63, 3.8) is 0 Å². The summed E-state index contributed by atoms with van der Waals surface area (Å²) in [6.07, 6.45) is 1.60. The lowest BCUT2D eigenvalue weighted by Gasteiger charge is -2.00. The minimum atomic E-state index is -0.237. The smallest absolute Gasteiger partial charge is 0.267 e. The van der Waals surface area contributed by atoms with Crippen LogP contribution in [0, 0.1) is 0 Å². The molecule has 2 rings (SSSR count). The van der Waals surface area contributed by atoms with Gasteiger partial charge in [0, 0.05) is 14.5 Å². The van der Waals surface area contributed by atoms with Crippen molar-refractivity contribution in [1.82, 2.24) is 5.43 Å². The van der Waals surface area contributed by atoms with E-state index < -0.39 is 0 Å². The molecule has 1 N–H and O–H groups in total. The number of benzene rings is 2. The Bertz CT molecular complexity index is 609. The van der Waals surface area contributed by atoms with Gasteiger partial charge in [0.15, 0.2) is 0 Å². The van der Waals surface area contributed by atoms with Crippen LogP contribution in [0.25, 0.3) is 0 Å². The molecule has 0 atom stereocenters. The van der Waals surface area contributed by atoms with Crippen molar-refractivity contribution in [3.8, 4) is 0 Å². The van der Waals surface area contributed by atoms with Gasteiger partial charge in [-0.05, 0) is 42.0 Å². The molecule has 0 spiro atoms. The number of carbonyl (C=O) groups is 1. The molecule has 2 aromatic carbocycles. The minimum Gasteiger partial charge on any atom is -0.267 e. The van der Waals surface area contributed by atoms with Crippen LogP contribution in [0.2, 0.25) is 0 Å². The summed E-state index contributed by atoms with van der Waals surface area (Å²) in [5, 5.41) is 3.92. The number of carbonyl (C=O) groups excluding carboxylic acids is 1. The van der Waals surface area contributed by atoms with Crippen LogP contribution in [0.1, 0.15) is 15.9 Å². The molecule has 2 aromatic rings. The van der Waals surface area contributed by atoms with Gasteiger partial charge in [-0.25, -0.2) is 5.43 Å². The summed E-state index contributed by atoms with van der Waals surface area (Å²) in [6.45, 7) is 0. The van der Waals surface area contributed by atoms with Gasteiger partial charge in [0.1, 0.15) is 0 Å². The number of hydrazone groups is 1. The third-order valence-corrected chi connectivity index (χ3v) is 3.36. The molecule has 5 heteroatoms. The van der Waals surface area contributed by atoms with Crippen molar-refractivity contribution < 1.29 is 4.79 Å². The number of hydrogen-bond acceptors (Lipinski definition) is 2. The number of halogens is 2. The highest BCUT2D eigenvalue weighted by atomic mass is 79.9. The van der Waals surface area contributed by atoms with Crippen molar-refractivity contribution in [2.45, 2.75) is 0 Å². The summed E-state index contributed by atoms with van der Waals surface area (Å²) in [4.78, 5) is 11.8. The molecule has 3 nitrogen and oxygen atoms in total. The van der Waals surface area contributed by atoms with Gasteiger partial charge in [-0.3, -0.25) is 4.79 Å². The van der Waals surface area contributed by atoms with E-state index in [0.29, 0.717) is 5.56 Å². The molecule has 0 saturated carbocycles. The van der Waals surface area contributed by atoms with E-state index in [-0.39, 0.29) is 5.91 Å². The lowest BCUT2D eigenvalue weighted by molar-refractivity contribution is 0.0955. The van der Waals surface area contributed by atoms with Crippen LogP contribution in [0.5, 0.6) is 0 Å². The van der Waals surface area contributed by atoms with Crippen LogP contribution in [0.15, 0.2) is 62.6 Å². The van der Waals surface area contributed by atoms with E-state index >= 15 is 0 Å². The molecule has 0 aliphatic rings. The Labute approximate surface area is 128 Å². The van der Waals surface area contributed by atoms with Crippen LogP contribution in [0.3, 0.4) is 0 Å². The Hall–Kier alpha value is -1.46. The van der Waals surface area contributed by atoms with E-state index in [1.165, 1.54) is 0 Å². The number of rotatable bonds is 3. The van der Waals surface area contributed by atoms with Crippen molar-refractivity contribution in [2.24, 2.45) is 5.10 Å². The predicted octanol–water partition coefficient (Wildman–Crippen LogP) is 3.98. The van der Waals surface area contributed by atoms with Gasteiger partial charge in [0.05, 0.1) is 6.21 Å². The summed E-state index contributed by atoms with van der Waals surface area (Å²) >= 11 is 6.69. The Balaban J connectivity index is 1.98. The maximum atomic E-state index is 11.8. The molecule has 96 valence electrons. The van der Waals surface area contributed by atoms with E-state index in [0.717, 1.165) is 14.5 Å². The van der Waals surface area contributed by atoms with E-state index in [2.05, 4.69) is 42.4 Å². The van der Waals surface area contributed by atoms with Crippen molar-refractivity contribution >= 4 is 44.0 Å². The summed E-state index contributed by atoms with van der Waals surface area (Å²) in [5.41, 5.74) is 3.96. The normalized spacial score (nSPS) is 10.6. The number of nitrogens with one attached hydrogen (secondary N) is 1. The number of nitrogens with zero attached hydrogens (tertiary/aromatic N) is 1. The molecule has 0 fully saturated rings. The molecule has 0 unspecified atom stereocenters. The molecule has 0 saturated heterocycles. The molecular weight excluding hydrogens is 372 g/mol. The summed E-state index contributed by atoms with van der Waals surface area (Å²) < 4.78 is 1.90. The zero-order chi connectivity index (χ0) is 13.7. The Kier molecular flexibility index (Phi) is 4.87. The second-order valence-corrected chi connectivity index (χ2v) is 5.59. The van der Waals surface area contributed by atoms with E-state index in [4.69, 9.17) is 0 Å². The van der Waals surface area contributed by atoms with Crippen LogP contribution < -0.4 is 5.43 Å². The first kappa shape index (κ1) is 14.0. The highest BCUT2D eigenvalue weighted by molar-refractivity contribution is 9.10. The molecule has 1 amide bonds. The fourth-order valence-electron chi connectivity index (χ4n) is 1.42. The van der Waals surface area contributed by atoms with Crippen molar-refractivity contribution in [2.75, 3.05) is 0 Å². The highest BCUT2D eigenvalue weighted by Crippen LogP contribution is 2.11. The fraction of sp³-hybridized carbons (Fsp3) is 0. The van der Waals surface area contributed by atoms with Gasteiger partial charge in [0.25, 0.3) is 5.91 Å². The van der Waals surface area contributed by atoms with E-state index in [9.17, 15) is 4.79 Å². The lowest BCUT2D eigenvalue weighted by Crippen LogP contribution is -2.17. The number of hydrogen-bond donors (Lipinski definition) is 1. The van der Waals surface area contributed by atoms with Crippen LogP contribution >= 0.6 is 31.9 Å². The van der Waals surface area contributed by atoms with E-state index in [1.54, 1.807) is 18.3 Å². The van der Waals surface area contributed by atoms with Crippen LogP contribution in [-0.4, -0.2) is 12.1 Å². The SMILES string of the molecule is O=C(N/N=C\c1cccc(Br)c1)c1ccc(Br)cc1. The molecule has 0 bridgehead atoms. The third-order valence-electron chi connectivity index (χ3n) is 2.33. The van der Waals surface area contributed by atoms with Crippen molar-refractivity contribution in [1.29, 1.82) is 0 Å². The maximum absolute atomic E-state index is 11.8. The lowest BCUT2D eigenvalue weighted by atomic mass is 10.2. The quantitative estimate of drug-likeness (QED) is 0.634. The van der Waals surface area contributed by atoms with Crippen LogP contribution in [-0.2, 0) is 0 Å². The van der Waals surface area contributed by atoms with Crippen LogP contribution in [0.4, 0.5) is 0 Å². The zero-order valence-electron chi connectivity index (χ0n) is 9.81. The van der Waals surface area contributed by atoms with Gasteiger partial charge in [-0.1, -0.05) is 44.0 Å². The molecule has 19 heavy (non-hydrogen) atoms. The fourth-order valence-corrected chi connectivity index (χ4v) is 2.10. The van der Waals surface area contributed by atoms with Gasteiger partial charge >= 0.3 is 0 Å². The van der Waals surface area contributed by atoms with Gasteiger partial charge < -0.3 is 0 Å². The zero-order valence-corrected chi connectivity index (χ0v) is 13.0. The van der Waals surface area contributed by atoms with E-state index in [1.807, 2.05) is 36.4 Å². The molecular formula is C14H10Br2N2O. The molecule has 0 heterocycles. The standard InChI is InChI=1S/C14H10Br2N2O/c15-12-6-4-11(5-7-12)14(19)18-17-9-10-2-1-3-13(16)8-10/h1-9H,(H,18,19)/b17-9-. The summed E-state index contributed by atoms with van der Waals surface area (Å²) in [5.74, 6) is -0.237. The summed E-state index contributed by atoms with van der Waals surface area (Å²) in [6, 6.07) is 14.7.